The molecule has 0 fully saturated rings. The van der Waals surface area contributed by atoms with Gasteiger partial charge in [0, 0.05) is 36.1 Å². The largest absolute Gasteiger partial charge is 0.325 e. The molecule has 35 heavy (non-hydrogen) atoms. The van der Waals surface area contributed by atoms with E-state index in [0.717, 1.165) is 22.8 Å². The summed E-state index contributed by atoms with van der Waals surface area (Å²) in [5.74, 6) is 2.82. The highest BCUT2D eigenvalue weighted by atomic mass is 19.1. The number of carbonyl (C=O) groups is 1. The van der Waals surface area contributed by atoms with Crippen molar-refractivity contribution in [1.82, 2.24) is 25.1 Å². The second kappa shape index (κ2) is 10.7. The first-order valence-corrected chi connectivity index (χ1v) is 11.2. The van der Waals surface area contributed by atoms with E-state index in [9.17, 15) is 9.18 Å². The Morgan fingerprint density at radius 1 is 1.00 bits per heavy atom. The molecule has 9 nitrogen and oxygen atoms in total. The minimum Gasteiger partial charge on any atom is -0.325 e. The number of nitrogens with zero attached hydrogens (tertiary/aromatic N) is 4. The zero-order valence-corrected chi connectivity index (χ0v) is 19.8. The molecule has 0 unspecified atom stereocenters. The molecule has 10 heteroatoms. The number of aromatic nitrogens is 5. The highest BCUT2D eigenvalue weighted by molar-refractivity contribution is 5.99. The van der Waals surface area contributed by atoms with Gasteiger partial charge < -0.3 is 10.6 Å². The quantitative estimate of drug-likeness (QED) is 0.269. The summed E-state index contributed by atoms with van der Waals surface area (Å²) in [5, 5.41) is 15.9. The van der Waals surface area contributed by atoms with Crippen molar-refractivity contribution in [2.45, 2.75) is 39.8 Å². The maximum Gasteiger partial charge on any atom is 0.324 e. The summed E-state index contributed by atoms with van der Waals surface area (Å²) >= 11 is 0. The van der Waals surface area contributed by atoms with Gasteiger partial charge >= 0.3 is 6.03 Å². The number of hydrogen-bond donors (Lipinski definition) is 4. The summed E-state index contributed by atoms with van der Waals surface area (Å²) < 4.78 is 12.6. The average Bonchev–Trinajstić information content (AvgIpc) is 3.29. The summed E-state index contributed by atoms with van der Waals surface area (Å²) in [5.41, 5.74) is 3.83. The molecule has 0 atom stereocenters. The maximum atomic E-state index is 12.6. The van der Waals surface area contributed by atoms with Crippen LogP contribution in [-0.4, -0.2) is 31.2 Å². The fraction of sp³-hybridized carbons (Fsp3) is 0.240. The lowest BCUT2D eigenvalue weighted by atomic mass is 10.1. The predicted molar refractivity (Wildman–Crippen MR) is 134 cm³/mol. The number of pyridine rings is 1. The average molecular weight is 475 g/mol. The molecule has 0 saturated carbocycles. The number of nitrogens with one attached hydrogen (secondary N) is 4. The summed E-state index contributed by atoms with van der Waals surface area (Å²) in [6.07, 6.45) is 2.16. The number of carbonyl (C=O) groups excluding carboxylic acids is 1. The number of aryl methyl sites for hydroxylation is 1. The third-order valence-electron chi connectivity index (χ3n) is 5.15. The Kier molecular flexibility index (Phi) is 7.30. The summed E-state index contributed by atoms with van der Waals surface area (Å²) in [7, 11) is 0. The van der Waals surface area contributed by atoms with Gasteiger partial charge in [0.25, 0.3) is 0 Å². The third-order valence-corrected chi connectivity index (χ3v) is 5.15. The lowest BCUT2D eigenvalue weighted by Gasteiger charge is -2.09. The number of aromatic amines is 1. The van der Waals surface area contributed by atoms with E-state index < -0.39 is 12.7 Å². The molecule has 0 spiro atoms. The first kappa shape index (κ1) is 23.8. The van der Waals surface area contributed by atoms with Crippen LogP contribution < -0.4 is 16.0 Å². The van der Waals surface area contributed by atoms with Gasteiger partial charge in [0.2, 0.25) is 0 Å². The summed E-state index contributed by atoms with van der Waals surface area (Å²) in [6, 6.07) is 13.5. The van der Waals surface area contributed by atoms with Crippen LogP contribution in [0.15, 0.2) is 54.7 Å². The smallest absolute Gasteiger partial charge is 0.324 e. The van der Waals surface area contributed by atoms with Gasteiger partial charge in [-0.25, -0.2) is 24.1 Å². The van der Waals surface area contributed by atoms with Crippen LogP contribution in [0.5, 0.6) is 0 Å². The van der Waals surface area contributed by atoms with E-state index in [4.69, 9.17) is 0 Å². The minimum atomic E-state index is -0.544. The molecular weight excluding hydrogens is 447 g/mol. The molecule has 0 radical (unpaired) electrons. The SMILES string of the molecule is Cc1cc(Nc2cc(C(C)C)n[nH]2)nc(Cc2ccc(NC(=O)Nc3ccc(CF)cc3)nc2)n1. The summed E-state index contributed by atoms with van der Waals surface area (Å²) in [4.78, 5) is 25.6. The monoisotopic (exact) mass is 474 g/mol. The Morgan fingerprint density at radius 3 is 2.43 bits per heavy atom. The van der Waals surface area contributed by atoms with E-state index in [1.807, 2.05) is 25.1 Å². The molecular formula is C25H27FN8O. The van der Waals surface area contributed by atoms with Crippen LogP contribution in [0.2, 0.25) is 0 Å². The molecule has 2 amide bonds. The van der Waals surface area contributed by atoms with Crippen molar-refractivity contribution in [3.63, 3.8) is 0 Å². The zero-order chi connectivity index (χ0) is 24.8. The second-order valence-corrected chi connectivity index (χ2v) is 8.44. The standard InChI is InChI=1S/C25H27FN8O/c1-15(2)20-12-24(34-33-20)31-22-10-16(3)28-23(30-22)11-18-6-9-21(27-14-18)32-25(35)29-19-7-4-17(13-26)5-8-19/h4-10,12,14-15H,11,13H2,1-3H3,(H2,27,29,32,35)(H2,28,30,31,33,34). The van der Waals surface area contributed by atoms with E-state index >= 15 is 0 Å². The zero-order valence-electron chi connectivity index (χ0n) is 19.8. The summed E-state index contributed by atoms with van der Waals surface area (Å²) in [6.45, 7) is 5.54. The van der Waals surface area contributed by atoms with Gasteiger partial charge in [-0.3, -0.25) is 10.4 Å². The van der Waals surface area contributed by atoms with Gasteiger partial charge in [-0.1, -0.05) is 32.0 Å². The van der Waals surface area contributed by atoms with E-state index in [-0.39, 0.29) is 0 Å². The molecule has 4 N–H and O–H groups in total. The van der Waals surface area contributed by atoms with Crippen molar-refractivity contribution in [2.75, 3.05) is 16.0 Å². The van der Waals surface area contributed by atoms with Crippen LogP contribution in [0.1, 0.15) is 48.1 Å². The van der Waals surface area contributed by atoms with Crippen LogP contribution in [0.25, 0.3) is 0 Å². The van der Waals surface area contributed by atoms with Crippen molar-refractivity contribution >= 4 is 29.2 Å². The Labute approximate surface area is 202 Å². The van der Waals surface area contributed by atoms with Gasteiger partial charge in [-0.05, 0) is 42.2 Å². The van der Waals surface area contributed by atoms with Gasteiger partial charge in [-0.15, -0.1) is 0 Å². The fourth-order valence-corrected chi connectivity index (χ4v) is 3.35. The lowest BCUT2D eigenvalue weighted by molar-refractivity contribution is 0.262. The van der Waals surface area contributed by atoms with E-state index in [1.165, 1.54) is 0 Å². The molecule has 3 aromatic heterocycles. The van der Waals surface area contributed by atoms with Gasteiger partial charge in [0.1, 0.15) is 30.0 Å². The topological polar surface area (TPSA) is 121 Å². The number of amides is 2. The van der Waals surface area contributed by atoms with Crippen molar-refractivity contribution < 1.29 is 9.18 Å². The van der Waals surface area contributed by atoms with E-state index in [2.05, 4.69) is 54.9 Å². The second-order valence-electron chi connectivity index (χ2n) is 8.44. The van der Waals surface area contributed by atoms with Gasteiger partial charge in [0.15, 0.2) is 0 Å². The van der Waals surface area contributed by atoms with Crippen LogP contribution >= 0.6 is 0 Å². The normalized spacial score (nSPS) is 10.9. The van der Waals surface area contributed by atoms with Crippen molar-refractivity contribution in [3.05, 3.63) is 83.1 Å². The van der Waals surface area contributed by atoms with Crippen LogP contribution in [0.4, 0.5) is 32.3 Å². The molecule has 0 saturated heterocycles. The molecule has 1 aromatic carbocycles. The highest BCUT2D eigenvalue weighted by Crippen LogP contribution is 2.19. The number of hydrogen-bond acceptors (Lipinski definition) is 6. The molecule has 4 rings (SSSR count). The van der Waals surface area contributed by atoms with E-state index in [1.54, 1.807) is 36.5 Å². The Hall–Kier alpha value is -4.34. The number of anilines is 4. The Morgan fingerprint density at radius 2 is 1.77 bits per heavy atom. The number of rotatable bonds is 8. The number of H-pyrrole nitrogens is 1. The Bertz CT molecular complexity index is 1290. The number of alkyl halides is 1. The van der Waals surface area contributed by atoms with E-state index in [0.29, 0.717) is 41.0 Å². The first-order chi connectivity index (χ1) is 16.9. The molecule has 0 bridgehead atoms. The molecule has 3 heterocycles. The third kappa shape index (κ3) is 6.59. The number of benzene rings is 1. The number of urea groups is 1. The number of halogens is 1. The molecule has 180 valence electrons. The van der Waals surface area contributed by atoms with Crippen LogP contribution in [0.3, 0.4) is 0 Å². The molecule has 4 aromatic rings. The maximum absolute atomic E-state index is 12.6. The van der Waals surface area contributed by atoms with Crippen molar-refractivity contribution in [1.29, 1.82) is 0 Å². The Balaban J connectivity index is 1.36. The van der Waals surface area contributed by atoms with Gasteiger partial charge in [-0.2, -0.15) is 5.10 Å². The molecule has 0 aliphatic carbocycles. The lowest BCUT2D eigenvalue weighted by Crippen LogP contribution is -2.20. The van der Waals surface area contributed by atoms with Crippen LogP contribution in [-0.2, 0) is 13.1 Å². The minimum absolute atomic E-state index is 0.328. The van der Waals surface area contributed by atoms with Crippen molar-refractivity contribution in [3.8, 4) is 0 Å². The highest BCUT2D eigenvalue weighted by Gasteiger charge is 2.09. The van der Waals surface area contributed by atoms with Crippen molar-refractivity contribution in [2.24, 2.45) is 0 Å². The fourth-order valence-electron chi connectivity index (χ4n) is 3.35. The molecule has 0 aliphatic rings. The predicted octanol–water partition coefficient (Wildman–Crippen LogP) is 5.47. The molecule has 0 aliphatic heterocycles. The van der Waals surface area contributed by atoms with Gasteiger partial charge in [0.05, 0.1) is 5.69 Å². The van der Waals surface area contributed by atoms with Crippen LogP contribution in [0, 0.1) is 6.92 Å². The first-order valence-electron chi connectivity index (χ1n) is 11.2.